The van der Waals surface area contributed by atoms with Gasteiger partial charge in [-0.1, -0.05) is 0 Å². The zero-order valence-electron chi connectivity index (χ0n) is 8.33. The number of carbonyl (C=O) groups is 1. The average molecular weight is 239 g/mol. The minimum absolute atomic E-state index is 0.331. The molecule has 16 heavy (non-hydrogen) atoms. The molecular formula is C11H7F2NOS. The number of rotatable bonds is 2. The molecule has 0 unspecified atom stereocenters. The van der Waals surface area contributed by atoms with Gasteiger partial charge in [0.05, 0.1) is 5.69 Å². The zero-order chi connectivity index (χ0) is 11.7. The topological polar surface area (TPSA) is 30.0 Å². The lowest BCUT2D eigenvalue weighted by Gasteiger charge is -1.99. The van der Waals surface area contributed by atoms with Crippen LogP contribution in [-0.2, 0) is 0 Å². The maximum atomic E-state index is 13.0. The van der Waals surface area contributed by atoms with E-state index >= 15 is 0 Å². The normalized spacial score (nSPS) is 10.4. The largest absolute Gasteiger partial charge is 0.295 e. The first-order valence-corrected chi connectivity index (χ1v) is 5.31. The van der Waals surface area contributed by atoms with E-state index in [1.807, 2.05) is 0 Å². The fraction of sp³-hybridized carbons (Fsp3) is 0.0909. The van der Waals surface area contributed by atoms with Gasteiger partial charge in [-0.25, -0.2) is 13.8 Å². The van der Waals surface area contributed by atoms with E-state index < -0.39 is 11.6 Å². The predicted octanol–water partition coefficient (Wildman–Crippen LogP) is 3.21. The van der Waals surface area contributed by atoms with E-state index in [0.717, 1.165) is 17.0 Å². The maximum absolute atomic E-state index is 13.0. The van der Waals surface area contributed by atoms with E-state index in [0.29, 0.717) is 22.6 Å². The fourth-order valence-corrected chi connectivity index (χ4v) is 2.14. The third-order valence-electron chi connectivity index (χ3n) is 2.11. The number of hydrogen-bond donors (Lipinski definition) is 0. The predicted molar refractivity (Wildman–Crippen MR) is 57.6 cm³/mol. The number of carbonyl (C=O) groups excluding carboxylic acids is 1. The number of nitrogens with zero attached hydrogens (tertiary/aromatic N) is 1. The molecule has 0 saturated heterocycles. The smallest absolute Gasteiger partial charge is 0.178 e. The molecular weight excluding hydrogens is 232 g/mol. The number of halogens is 2. The van der Waals surface area contributed by atoms with Gasteiger partial charge in [-0.15, -0.1) is 11.3 Å². The molecule has 0 radical (unpaired) electrons. The lowest BCUT2D eigenvalue weighted by atomic mass is 10.1. The summed E-state index contributed by atoms with van der Waals surface area (Å²) < 4.78 is 25.8. The highest BCUT2D eigenvalue weighted by molar-refractivity contribution is 7.13. The van der Waals surface area contributed by atoms with Crippen LogP contribution in [0.3, 0.4) is 0 Å². The first-order valence-electron chi connectivity index (χ1n) is 4.50. The molecule has 0 aliphatic heterocycles. The maximum Gasteiger partial charge on any atom is 0.178 e. The number of benzene rings is 1. The molecule has 1 heterocycles. The summed E-state index contributed by atoms with van der Waals surface area (Å²) in [7, 11) is 0. The van der Waals surface area contributed by atoms with E-state index in [1.54, 1.807) is 6.92 Å². The molecule has 82 valence electrons. The molecule has 0 amide bonds. The standard InChI is InChI=1S/C11H7F2NOS/c1-6-11(14-10(5-15)16-6)7-2-3-8(12)9(13)4-7/h2-5H,1H3. The summed E-state index contributed by atoms with van der Waals surface area (Å²) in [5.74, 6) is -1.82. The SMILES string of the molecule is Cc1sc(C=O)nc1-c1ccc(F)c(F)c1. The highest BCUT2D eigenvalue weighted by Gasteiger charge is 2.11. The Kier molecular flexibility index (Phi) is 2.78. The second-order valence-corrected chi connectivity index (χ2v) is 4.44. The summed E-state index contributed by atoms with van der Waals surface area (Å²) in [6.45, 7) is 1.78. The van der Waals surface area contributed by atoms with E-state index in [4.69, 9.17) is 0 Å². The second kappa shape index (κ2) is 4.09. The van der Waals surface area contributed by atoms with E-state index in [2.05, 4.69) is 4.98 Å². The van der Waals surface area contributed by atoms with Gasteiger partial charge in [0.15, 0.2) is 22.9 Å². The molecule has 0 saturated carbocycles. The van der Waals surface area contributed by atoms with E-state index in [9.17, 15) is 13.6 Å². The molecule has 5 heteroatoms. The van der Waals surface area contributed by atoms with E-state index in [1.165, 1.54) is 17.4 Å². The number of hydrogen-bond acceptors (Lipinski definition) is 3. The molecule has 2 rings (SSSR count). The van der Waals surface area contributed by atoms with Crippen molar-refractivity contribution in [3.05, 3.63) is 39.7 Å². The van der Waals surface area contributed by atoms with Crippen molar-refractivity contribution in [3.8, 4) is 11.3 Å². The van der Waals surface area contributed by atoms with Crippen LogP contribution in [0.15, 0.2) is 18.2 Å². The Morgan fingerprint density at radius 2 is 2.06 bits per heavy atom. The Morgan fingerprint density at radius 1 is 1.31 bits per heavy atom. The van der Waals surface area contributed by atoms with Crippen molar-refractivity contribution >= 4 is 17.6 Å². The van der Waals surface area contributed by atoms with Crippen molar-refractivity contribution in [1.82, 2.24) is 4.98 Å². The van der Waals surface area contributed by atoms with Gasteiger partial charge in [-0.2, -0.15) is 0 Å². The van der Waals surface area contributed by atoms with Gasteiger partial charge < -0.3 is 0 Å². The van der Waals surface area contributed by atoms with Crippen molar-refractivity contribution < 1.29 is 13.6 Å². The third-order valence-corrected chi connectivity index (χ3v) is 3.00. The van der Waals surface area contributed by atoms with E-state index in [-0.39, 0.29) is 0 Å². The third kappa shape index (κ3) is 1.86. The molecule has 0 N–H and O–H groups in total. The quantitative estimate of drug-likeness (QED) is 0.753. The highest BCUT2D eigenvalue weighted by atomic mass is 32.1. The van der Waals surface area contributed by atoms with Crippen molar-refractivity contribution in [1.29, 1.82) is 0 Å². The second-order valence-electron chi connectivity index (χ2n) is 3.20. The molecule has 0 aliphatic carbocycles. The van der Waals surface area contributed by atoms with Crippen molar-refractivity contribution in [2.24, 2.45) is 0 Å². The van der Waals surface area contributed by atoms with Crippen LogP contribution >= 0.6 is 11.3 Å². The minimum Gasteiger partial charge on any atom is -0.295 e. The highest BCUT2D eigenvalue weighted by Crippen LogP contribution is 2.27. The first kappa shape index (κ1) is 10.9. The lowest BCUT2D eigenvalue weighted by molar-refractivity contribution is 0.112. The molecule has 0 spiro atoms. The zero-order valence-corrected chi connectivity index (χ0v) is 9.15. The van der Waals surface area contributed by atoms with Crippen LogP contribution in [-0.4, -0.2) is 11.3 Å². The summed E-state index contributed by atoms with van der Waals surface area (Å²) in [5, 5.41) is 0.331. The van der Waals surface area contributed by atoms with Crippen molar-refractivity contribution in [2.75, 3.05) is 0 Å². The van der Waals surface area contributed by atoms with Crippen LogP contribution in [0.4, 0.5) is 8.78 Å². The van der Waals surface area contributed by atoms with Gasteiger partial charge in [0.25, 0.3) is 0 Å². The van der Waals surface area contributed by atoms with Crippen LogP contribution in [0, 0.1) is 18.6 Å². The number of aldehydes is 1. The molecule has 0 bridgehead atoms. The van der Waals surface area contributed by atoms with Gasteiger partial charge in [0, 0.05) is 10.4 Å². The minimum atomic E-state index is -0.919. The molecule has 1 aromatic carbocycles. The lowest BCUT2D eigenvalue weighted by Crippen LogP contribution is -1.87. The molecule has 0 aliphatic rings. The summed E-state index contributed by atoms with van der Waals surface area (Å²) in [4.78, 5) is 15.4. The van der Waals surface area contributed by atoms with Gasteiger partial charge in [-0.05, 0) is 25.1 Å². The van der Waals surface area contributed by atoms with Crippen molar-refractivity contribution in [3.63, 3.8) is 0 Å². The number of aryl methyl sites for hydroxylation is 1. The number of aromatic nitrogens is 1. The number of thiazole rings is 1. The van der Waals surface area contributed by atoms with Crippen LogP contribution in [0.25, 0.3) is 11.3 Å². The van der Waals surface area contributed by atoms with Crippen LogP contribution in [0.2, 0.25) is 0 Å². The van der Waals surface area contributed by atoms with Crippen LogP contribution in [0.5, 0.6) is 0 Å². The Hall–Kier alpha value is -1.62. The molecule has 2 nitrogen and oxygen atoms in total. The summed E-state index contributed by atoms with van der Waals surface area (Å²) in [5.41, 5.74) is 0.992. The molecule has 0 fully saturated rings. The molecule has 2 aromatic rings. The fourth-order valence-electron chi connectivity index (χ4n) is 1.38. The van der Waals surface area contributed by atoms with Gasteiger partial charge in [0.1, 0.15) is 0 Å². The molecule has 1 aromatic heterocycles. The Balaban J connectivity index is 2.53. The van der Waals surface area contributed by atoms with Crippen LogP contribution < -0.4 is 0 Å². The van der Waals surface area contributed by atoms with Gasteiger partial charge in [-0.3, -0.25) is 4.79 Å². The summed E-state index contributed by atoms with van der Waals surface area (Å²) in [6, 6.07) is 3.56. The Morgan fingerprint density at radius 3 is 2.62 bits per heavy atom. The molecule has 0 atom stereocenters. The summed E-state index contributed by atoms with van der Waals surface area (Å²) >= 11 is 1.22. The van der Waals surface area contributed by atoms with Gasteiger partial charge in [0.2, 0.25) is 0 Å². The average Bonchev–Trinajstić information content (AvgIpc) is 2.64. The van der Waals surface area contributed by atoms with Crippen LogP contribution in [0.1, 0.15) is 14.7 Å². The Labute approximate surface area is 94.6 Å². The first-order chi connectivity index (χ1) is 7.61. The summed E-state index contributed by atoms with van der Waals surface area (Å²) in [6.07, 6.45) is 0.640. The van der Waals surface area contributed by atoms with Gasteiger partial charge >= 0.3 is 0 Å². The monoisotopic (exact) mass is 239 g/mol. The van der Waals surface area contributed by atoms with Crippen molar-refractivity contribution in [2.45, 2.75) is 6.92 Å². The Bertz CT molecular complexity index is 551.